The minimum atomic E-state index is -0.578. The highest BCUT2D eigenvalue weighted by molar-refractivity contribution is 8.14. The second kappa shape index (κ2) is 26.5. The molecule has 1 aliphatic carbocycles. The normalized spacial score (nSPS) is 13.8. The van der Waals surface area contributed by atoms with E-state index >= 15 is 0 Å². The van der Waals surface area contributed by atoms with Gasteiger partial charge in [-0.05, 0) is 110 Å². The van der Waals surface area contributed by atoms with Crippen LogP contribution in [0.3, 0.4) is 0 Å². The van der Waals surface area contributed by atoms with E-state index in [1.54, 1.807) is 86.6 Å². The minimum Gasteiger partial charge on any atom is -0.457 e. The average molecular weight is 865 g/mol. The fourth-order valence-corrected chi connectivity index (χ4v) is 7.34. The van der Waals surface area contributed by atoms with Gasteiger partial charge in [-0.3, -0.25) is 19.2 Å². The van der Waals surface area contributed by atoms with Crippen molar-refractivity contribution in [1.29, 1.82) is 0 Å². The van der Waals surface area contributed by atoms with Crippen LogP contribution in [0.4, 0.5) is 0 Å². The first-order valence-electron chi connectivity index (χ1n) is 18.0. The van der Waals surface area contributed by atoms with Gasteiger partial charge in [0.15, 0.2) is 10.2 Å². The first kappa shape index (κ1) is 52.4. The molecule has 0 N–H and O–H groups in total. The van der Waals surface area contributed by atoms with Crippen LogP contribution in [0.2, 0.25) is 0 Å². The third-order valence-electron chi connectivity index (χ3n) is 8.53. The lowest BCUT2D eigenvalue weighted by Gasteiger charge is -2.28. The molecule has 4 aromatic rings. The molecule has 0 unspecified atom stereocenters. The average Bonchev–Trinajstić information content (AvgIpc) is 3.22. The summed E-state index contributed by atoms with van der Waals surface area (Å²) < 4.78 is 31.4. The molecular formula is C46H56O12S2. The van der Waals surface area contributed by atoms with Gasteiger partial charge >= 0.3 is 23.9 Å². The summed E-state index contributed by atoms with van der Waals surface area (Å²) in [6.07, 6.45) is 3.41. The standard InChI is InChI=1S/C42H40O12S2.4CH4/c1-3-37(43)51-25-49-29-13-9-27(10-14-29)39(45)53-31-17-21-33(22-18-31)55-41(47)35-7-5-6-8-36(35)42(48)56-34-23-19-32(20-24-34)54-40(46)28-11-15-30(16-12-28)50-26-52-38(44)4-2;;;;/h9-24,35-36H,3-8,25-26H2,1-2H3;4*1H4/t35-,36-;;;;/m0..../s1. The molecule has 0 spiro atoms. The van der Waals surface area contributed by atoms with Crippen LogP contribution in [0.25, 0.3) is 0 Å². The van der Waals surface area contributed by atoms with Crippen molar-refractivity contribution in [1.82, 2.24) is 0 Å². The van der Waals surface area contributed by atoms with Crippen LogP contribution >= 0.6 is 23.5 Å². The molecule has 14 heteroatoms. The van der Waals surface area contributed by atoms with Crippen LogP contribution in [0.15, 0.2) is 107 Å². The first-order valence-corrected chi connectivity index (χ1v) is 19.6. The van der Waals surface area contributed by atoms with Crippen molar-refractivity contribution < 1.29 is 57.2 Å². The van der Waals surface area contributed by atoms with Crippen molar-refractivity contribution in [2.24, 2.45) is 11.8 Å². The maximum absolute atomic E-state index is 13.5. The summed E-state index contributed by atoms with van der Waals surface area (Å²) in [5.74, 6) is -1.35. The van der Waals surface area contributed by atoms with Gasteiger partial charge in [-0.25, -0.2) is 9.59 Å². The quantitative estimate of drug-likeness (QED) is 0.0453. The molecule has 5 rings (SSSR count). The van der Waals surface area contributed by atoms with E-state index in [0.717, 1.165) is 36.4 Å². The number of thioether (sulfide) groups is 2. The third kappa shape index (κ3) is 15.9. The molecule has 324 valence electrons. The molecule has 0 radical (unpaired) electrons. The highest BCUT2D eigenvalue weighted by Gasteiger charge is 2.36. The Bertz CT molecular complexity index is 1840. The number of benzene rings is 4. The molecule has 0 heterocycles. The number of ether oxygens (including phenoxy) is 6. The molecule has 4 aromatic carbocycles. The molecule has 1 saturated carbocycles. The van der Waals surface area contributed by atoms with Crippen molar-refractivity contribution in [3.8, 4) is 23.0 Å². The Morgan fingerprint density at radius 2 is 0.800 bits per heavy atom. The molecule has 0 aromatic heterocycles. The summed E-state index contributed by atoms with van der Waals surface area (Å²) in [4.78, 5) is 76.1. The molecule has 0 aliphatic heterocycles. The smallest absolute Gasteiger partial charge is 0.343 e. The van der Waals surface area contributed by atoms with Crippen molar-refractivity contribution in [2.45, 2.75) is 91.9 Å². The van der Waals surface area contributed by atoms with E-state index in [4.69, 9.17) is 28.4 Å². The number of carbonyl (C=O) groups excluding carboxylic acids is 6. The molecule has 1 aliphatic rings. The van der Waals surface area contributed by atoms with Gasteiger partial charge in [-0.15, -0.1) is 0 Å². The monoisotopic (exact) mass is 864 g/mol. The summed E-state index contributed by atoms with van der Waals surface area (Å²) in [6, 6.07) is 25.6. The van der Waals surface area contributed by atoms with E-state index in [-0.39, 0.29) is 78.3 Å². The van der Waals surface area contributed by atoms with Gasteiger partial charge in [0.2, 0.25) is 13.6 Å². The van der Waals surface area contributed by atoms with Gasteiger partial charge < -0.3 is 28.4 Å². The van der Waals surface area contributed by atoms with Crippen LogP contribution in [-0.4, -0.2) is 47.7 Å². The summed E-state index contributed by atoms with van der Waals surface area (Å²) >= 11 is 2.13. The summed E-state index contributed by atoms with van der Waals surface area (Å²) in [7, 11) is 0. The van der Waals surface area contributed by atoms with Crippen LogP contribution in [-0.2, 0) is 28.7 Å². The number of carbonyl (C=O) groups is 6. The predicted octanol–water partition coefficient (Wildman–Crippen LogP) is 11.0. The molecule has 0 amide bonds. The molecule has 0 saturated heterocycles. The zero-order chi connectivity index (χ0) is 39.9. The van der Waals surface area contributed by atoms with Crippen molar-refractivity contribution in [2.75, 3.05) is 13.6 Å². The Kier molecular flexibility index (Phi) is 23.1. The molecule has 12 nitrogen and oxygen atoms in total. The SMILES string of the molecule is C.C.C.C.CCC(=O)OCOc1ccc(C(=O)Oc2ccc(SC(=O)[C@H]3CCCC[C@@H]3C(=O)Sc3ccc(OC(=O)c4ccc(OCOC(=O)CC)cc4)cc3)cc2)cc1. The summed E-state index contributed by atoms with van der Waals surface area (Å²) in [5.41, 5.74) is 0.587. The van der Waals surface area contributed by atoms with E-state index in [9.17, 15) is 28.8 Å². The lowest BCUT2D eigenvalue weighted by molar-refractivity contribution is -0.150. The van der Waals surface area contributed by atoms with Crippen LogP contribution in [0, 0.1) is 11.8 Å². The van der Waals surface area contributed by atoms with Gasteiger partial charge in [-0.1, -0.05) is 79.9 Å². The fraction of sp³-hybridized carbons (Fsp3) is 0.348. The Balaban J connectivity index is 0.00000450. The zero-order valence-corrected chi connectivity index (χ0v) is 32.4. The molecule has 1 fully saturated rings. The van der Waals surface area contributed by atoms with E-state index in [1.807, 2.05) is 0 Å². The second-order valence-corrected chi connectivity index (χ2v) is 14.5. The van der Waals surface area contributed by atoms with Gasteiger partial charge in [-0.2, -0.15) is 0 Å². The van der Waals surface area contributed by atoms with Crippen LogP contribution < -0.4 is 18.9 Å². The van der Waals surface area contributed by atoms with E-state index in [0.29, 0.717) is 56.8 Å². The van der Waals surface area contributed by atoms with Gasteiger partial charge in [0.05, 0.1) is 11.1 Å². The van der Waals surface area contributed by atoms with Crippen LogP contribution in [0.1, 0.15) is 103 Å². The maximum atomic E-state index is 13.5. The number of esters is 4. The van der Waals surface area contributed by atoms with Gasteiger partial charge in [0.25, 0.3) is 0 Å². The highest BCUT2D eigenvalue weighted by Crippen LogP contribution is 2.40. The molecule has 60 heavy (non-hydrogen) atoms. The summed E-state index contributed by atoms with van der Waals surface area (Å²) in [6.45, 7) is 2.91. The fourth-order valence-electron chi connectivity index (χ4n) is 5.47. The Hall–Kier alpha value is -5.60. The number of rotatable bonds is 16. The molecular weight excluding hydrogens is 809 g/mol. The first-order chi connectivity index (χ1) is 27.1. The molecule has 0 bridgehead atoms. The van der Waals surface area contributed by atoms with E-state index in [1.165, 1.54) is 24.3 Å². The van der Waals surface area contributed by atoms with E-state index in [2.05, 4.69) is 0 Å². The number of hydrogen-bond donors (Lipinski definition) is 0. The topological polar surface area (TPSA) is 158 Å². The van der Waals surface area contributed by atoms with E-state index < -0.39 is 23.8 Å². The predicted molar refractivity (Wildman–Crippen MR) is 234 cm³/mol. The third-order valence-corrected chi connectivity index (χ3v) is 10.5. The van der Waals surface area contributed by atoms with Crippen molar-refractivity contribution >= 4 is 57.6 Å². The van der Waals surface area contributed by atoms with Crippen molar-refractivity contribution in [3.63, 3.8) is 0 Å². The lowest BCUT2D eigenvalue weighted by Crippen LogP contribution is -2.30. The Labute approximate surface area is 362 Å². The van der Waals surface area contributed by atoms with Gasteiger partial charge in [0.1, 0.15) is 23.0 Å². The van der Waals surface area contributed by atoms with Gasteiger partial charge in [0, 0.05) is 34.5 Å². The molecule has 2 atom stereocenters. The highest BCUT2D eigenvalue weighted by atomic mass is 32.2. The minimum absolute atomic E-state index is 0. The maximum Gasteiger partial charge on any atom is 0.343 e. The van der Waals surface area contributed by atoms with Crippen molar-refractivity contribution in [3.05, 3.63) is 108 Å². The second-order valence-electron chi connectivity index (χ2n) is 12.4. The zero-order valence-electron chi connectivity index (χ0n) is 30.8. The Morgan fingerprint density at radius 3 is 1.12 bits per heavy atom. The number of hydrogen-bond acceptors (Lipinski definition) is 14. The summed E-state index contributed by atoms with van der Waals surface area (Å²) in [5, 5.41) is -0.191. The van der Waals surface area contributed by atoms with Crippen LogP contribution in [0.5, 0.6) is 23.0 Å². The Morgan fingerprint density at radius 1 is 0.483 bits per heavy atom. The lowest BCUT2D eigenvalue weighted by atomic mass is 9.81. The largest absolute Gasteiger partial charge is 0.457 e.